The van der Waals surface area contributed by atoms with E-state index in [9.17, 15) is 9.59 Å². The third-order valence-electron chi connectivity index (χ3n) is 5.09. The fourth-order valence-corrected chi connectivity index (χ4v) is 3.60. The summed E-state index contributed by atoms with van der Waals surface area (Å²) in [6.45, 7) is 0.679. The summed E-state index contributed by atoms with van der Waals surface area (Å²) in [4.78, 5) is 26.4. The molecule has 26 heavy (non-hydrogen) atoms. The molecule has 0 bridgehead atoms. The summed E-state index contributed by atoms with van der Waals surface area (Å²) >= 11 is 0. The van der Waals surface area contributed by atoms with E-state index in [1.54, 1.807) is 22.8 Å². The number of carbonyl (C=O) groups excluding carboxylic acids is 2. The SMILES string of the molecule is COc1ccc(NC(=O)C2CC2c2cnn(C)c2)cc1N1CCCC1=O. The lowest BCUT2D eigenvalue weighted by Crippen LogP contribution is -2.24. The van der Waals surface area contributed by atoms with Gasteiger partial charge in [0.25, 0.3) is 0 Å². The van der Waals surface area contributed by atoms with Crippen LogP contribution in [0.5, 0.6) is 5.75 Å². The second-order valence-electron chi connectivity index (χ2n) is 6.92. The minimum absolute atomic E-state index is 0.00252. The summed E-state index contributed by atoms with van der Waals surface area (Å²) in [5.74, 6) is 0.936. The van der Waals surface area contributed by atoms with Gasteiger partial charge >= 0.3 is 0 Å². The summed E-state index contributed by atoms with van der Waals surface area (Å²) in [5, 5.41) is 7.15. The van der Waals surface area contributed by atoms with E-state index in [0.29, 0.717) is 30.1 Å². The number of aromatic nitrogens is 2. The maximum Gasteiger partial charge on any atom is 0.228 e. The Morgan fingerprint density at radius 1 is 1.38 bits per heavy atom. The van der Waals surface area contributed by atoms with Crippen molar-refractivity contribution < 1.29 is 14.3 Å². The average molecular weight is 354 g/mol. The maximum atomic E-state index is 12.6. The van der Waals surface area contributed by atoms with Crippen molar-refractivity contribution in [1.82, 2.24) is 9.78 Å². The molecule has 7 nitrogen and oxygen atoms in total. The van der Waals surface area contributed by atoms with E-state index >= 15 is 0 Å². The molecule has 1 aromatic carbocycles. The monoisotopic (exact) mass is 354 g/mol. The van der Waals surface area contributed by atoms with Crippen LogP contribution < -0.4 is 15.0 Å². The third-order valence-corrected chi connectivity index (χ3v) is 5.09. The Kier molecular flexibility index (Phi) is 4.14. The van der Waals surface area contributed by atoms with E-state index in [4.69, 9.17) is 4.74 Å². The first-order valence-corrected chi connectivity index (χ1v) is 8.84. The predicted octanol–water partition coefficient (Wildman–Crippen LogP) is 2.30. The van der Waals surface area contributed by atoms with Crippen molar-refractivity contribution in [2.45, 2.75) is 25.2 Å². The van der Waals surface area contributed by atoms with Crippen LogP contribution in [0.3, 0.4) is 0 Å². The number of amides is 2. The van der Waals surface area contributed by atoms with Crippen molar-refractivity contribution in [3.05, 3.63) is 36.2 Å². The zero-order chi connectivity index (χ0) is 18.3. The molecule has 2 heterocycles. The number of nitrogens with one attached hydrogen (secondary N) is 1. The largest absolute Gasteiger partial charge is 0.495 e. The number of aryl methyl sites for hydroxylation is 1. The minimum Gasteiger partial charge on any atom is -0.495 e. The molecule has 1 N–H and O–H groups in total. The van der Waals surface area contributed by atoms with E-state index in [1.165, 1.54) is 0 Å². The zero-order valence-electron chi connectivity index (χ0n) is 14.9. The van der Waals surface area contributed by atoms with Gasteiger partial charge in [-0.1, -0.05) is 0 Å². The predicted molar refractivity (Wildman–Crippen MR) is 97.3 cm³/mol. The normalized spacial score (nSPS) is 21.8. The van der Waals surface area contributed by atoms with Crippen LogP contribution in [0.4, 0.5) is 11.4 Å². The second-order valence-corrected chi connectivity index (χ2v) is 6.92. The zero-order valence-corrected chi connectivity index (χ0v) is 14.9. The maximum absolute atomic E-state index is 12.6. The van der Waals surface area contributed by atoms with Crippen molar-refractivity contribution in [2.75, 3.05) is 23.9 Å². The molecule has 2 atom stereocenters. The number of nitrogens with zero attached hydrogens (tertiary/aromatic N) is 3. The lowest BCUT2D eigenvalue weighted by molar-refractivity contribution is -0.118. The van der Waals surface area contributed by atoms with Crippen molar-refractivity contribution in [3.8, 4) is 5.75 Å². The Hall–Kier alpha value is -2.83. The van der Waals surface area contributed by atoms with Crippen LogP contribution in [0.15, 0.2) is 30.6 Å². The molecule has 0 radical (unpaired) electrons. The number of anilines is 2. The van der Waals surface area contributed by atoms with Gasteiger partial charge in [-0.05, 0) is 42.5 Å². The fraction of sp³-hybridized carbons (Fsp3) is 0.421. The Labute approximate surface area is 151 Å². The molecule has 136 valence electrons. The first-order chi connectivity index (χ1) is 12.6. The van der Waals surface area contributed by atoms with E-state index in [1.807, 2.05) is 31.6 Å². The summed E-state index contributed by atoms with van der Waals surface area (Å²) in [5.41, 5.74) is 2.50. The highest BCUT2D eigenvalue weighted by Gasteiger charge is 2.44. The van der Waals surface area contributed by atoms with Crippen molar-refractivity contribution >= 4 is 23.2 Å². The van der Waals surface area contributed by atoms with Gasteiger partial charge < -0.3 is 15.0 Å². The van der Waals surface area contributed by atoms with Gasteiger partial charge in [-0.2, -0.15) is 5.10 Å². The molecule has 1 aromatic heterocycles. The van der Waals surface area contributed by atoms with E-state index < -0.39 is 0 Å². The van der Waals surface area contributed by atoms with Crippen LogP contribution in [0.2, 0.25) is 0 Å². The van der Waals surface area contributed by atoms with Crippen LogP contribution in [-0.2, 0) is 16.6 Å². The van der Waals surface area contributed by atoms with Gasteiger partial charge in [0.2, 0.25) is 11.8 Å². The van der Waals surface area contributed by atoms with Crippen LogP contribution in [0, 0.1) is 5.92 Å². The summed E-state index contributed by atoms with van der Waals surface area (Å²) < 4.78 is 7.14. The molecule has 2 unspecified atom stereocenters. The van der Waals surface area contributed by atoms with Crippen LogP contribution in [0.1, 0.15) is 30.7 Å². The first-order valence-electron chi connectivity index (χ1n) is 8.84. The van der Waals surface area contributed by atoms with Gasteiger partial charge in [-0.15, -0.1) is 0 Å². The molecule has 0 spiro atoms. The highest BCUT2D eigenvalue weighted by atomic mass is 16.5. The third kappa shape index (κ3) is 3.05. The highest BCUT2D eigenvalue weighted by molar-refractivity contribution is 5.99. The highest BCUT2D eigenvalue weighted by Crippen LogP contribution is 2.48. The Bertz CT molecular complexity index is 860. The van der Waals surface area contributed by atoms with Crippen LogP contribution >= 0.6 is 0 Å². The number of ether oxygens (including phenoxy) is 1. The summed E-state index contributed by atoms with van der Waals surface area (Å²) in [6, 6.07) is 5.42. The smallest absolute Gasteiger partial charge is 0.228 e. The van der Waals surface area contributed by atoms with E-state index in [0.717, 1.165) is 18.4 Å². The lowest BCUT2D eigenvalue weighted by Gasteiger charge is -2.20. The van der Waals surface area contributed by atoms with Gasteiger partial charge in [0.1, 0.15) is 5.75 Å². The van der Waals surface area contributed by atoms with E-state index in [-0.39, 0.29) is 23.7 Å². The fourth-order valence-electron chi connectivity index (χ4n) is 3.60. The molecule has 1 aliphatic carbocycles. The van der Waals surface area contributed by atoms with E-state index in [2.05, 4.69) is 10.4 Å². The first kappa shape index (κ1) is 16.6. The van der Waals surface area contributed by atoms with Crippen molar-refractivity contribution in [3.63, 3.8) is 0 Å². The molecule has 2 aromatic rings. The summed E-state index contributed by atoms with van der Waals surface area (Å²) in [7, 11) is 3.46. The number of rotatable bonds is 5. The number of methoxy groups -OCH3 is 1. The minimum atomic E-state index is -0.0295. The molecule has 1 saturated heterocycles. The number of hydrogen-bond acceptors (Lipinski definition) is 4. The molecular weight excluding hydrogens is 332 g/mol. The second kappa shape index (κ2) is 6.48. The standard InChI is InChI=1S/C19H22N4O3/c1-22-11-12(10-20-22)14-9-15(14)19(25)21-13-5-6-17(26-2)16(8-13)23-7-3-4-18(23)24/h5-6,8,10-11,14-15H,3-4,7,9H2,1-2H3,(H,21,25). The van der Waals surface area contributed by atoms with Crippen molar-refractivity contribution in [1.29, 1.82) is 0 Å². The molecule has 1 aliphatic heterocycles. The summed E-state index contributed by atoms with van der Waals surface area (Å²) in [6.07, 6.45) is 6.01. The molecule has 1 saturated carbocycles. The molecule has 7 heteroatoms. The molecule has 2 amide bonds. The topological polar surface area (TPSA) is 76.5 Å². The average Bonchev–Trinajstić information content (AvgIpc) is 3.14. The van der Waals surface area contributed by atoms with Gasteiger partial charge in [0, 0.05) is 37.8 Å². The Balaban J connectivity index is 1.48. The number of benzene rings is 1. The van der Waals surface area contributed by atoms with Crippen LogP contribution in [-0.4, -0.2) is 35.2 Å². The van der Waals surface area contributed by atoms with Crippen LogP contribution in [0.25, 0.3) is 0 Å². The quantitative estimate of drug-likeness (QED) is 0.894. The molecule has 2 fully saturated rings. The van der Waals surface area contributed by atoms with Gasteiger partial charge in [0.05, 0.1) is 19.0 Å². The number of hydrogen-bond donors (Lipinski definition) is 1. The van der Waals surface area contributed by atoms with Gasteiger partial charge in [-0.3, -0.25) is 14.3 Å². The lowest BCUT2D eigenvalue weighted by atomic mass is 10.2. The number of carbonyl (C=O) groups is 2. The molecule has 2 aliphatic rings. The van der Waals surface area contributed by atoms with Crippen molar-refractivity contribution in [2.24, 2.45) is 13.0 Å². The Morgan fingerprint density at radius 2 is 2.23 bits per heavy atom. The van der Waals surface area contributed by atoms with Gasteiger partial charge in [0.15, 0.2) is 0 Å². The molecular formula is C19H22N4O3. The molecule has 4 rings (SSSR count). The Morgan fingerprint density at radius 3 is 2.88 bits per heavy atom. The van der Waals surface area contributed by atoms with Gasteiger partial charge in [-0.25, -0.2) is 0 Å².